The highest BCUT2D eigenvalue weighted by Crippen LogP contribution is 2.40. The molecule has 0 aliphatic carbocycles. The molecule has 1 fully saturated rings. The van der Waals surface area contributed by atoms with Gasteiger partial charge in [0.05, 0.1) is 26.9 Å². The van der Waals surface area contributed by atoms with Gasteiger partial charge in [0.2, 0.25) is 5.75 Å². The first-order chi connectivity index (χ1) is 9.62. The number of benzene rings is 1. The highest BCUT2D eigenvalue weighted by atomic mass is 35.5. The van der Waals surface area contributed by atoms with Crippen LogP contribution in [0, 0.1) is 0 Å². The molecule has 118 valence electrons. The molecule has 1 atom stereocenters. The number of nitrogens with zero attached hydrogens (tertiary/aromatic N) is 1. The summed E-state index contributed by atoms with van der Waals surface area (Å²) in [6.07, 6.45) is 0.821. The van der Waals surface area contributed by atoms with E-state index in [1.165, 1.54) is 21.3 Å². The maximum atomic E-state index is 12.5. The average molecular weight is 317 g/mol. The number of ether oxygens (including phenoxy) is 3. The number of hydrogen-bond acceptors (Lipinski definition) is 5. The quantitative estimate of drug-likeness (QED) is 0.906. The molecule has 1 aromatic carbocycles. The lowest BCUT2D eigenvalue weighted by atomic mass is 10.1. The Labute approximate surface area is 130 Å². The lowest BCUT2D eigenvalue weighted by molar-refractivity contribution is 0.0786. The molecule has 2 rings (SSSR count). The molecule has 1 heterocycles. The normalized spacial score (nSPS) is 17.1. The smallest absolute Gasteiger partial charge is 0.257 e. The number of nitrogens with two attached hydrogens (primary N) is 1. The van der Waals surface area contributed by atoms with Crippen LogP contribution in [0.3, 0.4) is 0 Å². The molecule has 0 spiro atoms. The summed E-state index contributed by atoms with van der Waals surface area (Å²) >= 11 is 0. The minimum absolute atomic E-state index is 0. The van der Waals surface area contributed by atoms with E-state index in [1.54, 1.807) is 17.0 Å². The number of amides is 1. The number of hydrogen-bond donors (Lipinski definition) is 1. The molecule has 1 aromatic rings. The molecule has 0 radical (unpaired) electrons. The number of methoxy groups -OCH3 is 3. The summed E-state index contributed by atoms with van der Waals surface area (Å²) in [4.78, 5) is 14.3. The van der Waals surface area contributed by atoms with Crippen molar-refractivity contribution < 1.29 is 19.0 Å². The van der Waals surface area contributed by atoms with Crippen molar-refractivity contribution in [3.8, 4) is 17.2 Å². The molecular formula is C14H21ClN2O4. The second-order valence-corrected chi connectivity index (χ2v) is 4.68. The van der Waals surface area contributed by atoms with Crippen LogP contribution >= 0.6 is 12.4 Å². The summed E-state index contributed by atoms with van der Waals surface area (Å²) in [5.41, 5.74) is 6.30. The summed E-state index contributed by atoms with van der Waals surface area (Å²) < 4.78 is 15.8. The molecule has 2 N–H and O–H groups in total. The predicted molar refractivity (Wildman–Crippen MR) is 81.8 cm³/mol. The molecule has 0 aromatic heterocycles. The Bertz CT molecular complexity index is 510. The minimum atomic E-state index is -0.101. The first-order valence-corrected chi connectivity index (χ1v) is 6.46. The summed E-state index contributed by atoms with van der Waals surface area (Å²) in [6, 6.07) is 3.43. The summed E-state index contributed by atoms with van der Waals surface area (Å²) in [5.74, 6) is 1.23. The molecule has 0 bridgehead atoms. The van der Waals surface area contributed by atoms with Crippen LogP contribution in [0.25, 0.3) is 0 Å². The molecule has 1 aliphatic rings. The van der Waals surface area contributed by atoms with Crippen molar-refractivity contribution >= 4 is 18.3 Å². The van der Waals surface area contributed by atoms with Crippen LogP contribution in [0.5, 0.6) is 17.2 Å². The zero-order valence-corrected chi connectivity index (χ0v) is 13.2. The number of rotatable bonds is 4. The average Bonchev–Trinajstić information content (AvgIpc) is 2.91. The van der Waals surface area contributed by atoms with Crippen LogP contribution < -0.4 is 19.9 Å². The fourth-order valence-corrected chi connectivity index (χ4v) is 2.41. The van der Waals surface area contributed by atoms with Gasteiger partial charge >= 0.3 is 0 Å². The maximum absolute atomic E-state index is 12.5. The highest BCUT2D eigenvalue weighted by molar-refractivity contribution is 5.98. The highest BCUT2D eigenvalue weighted by Gasteiger charge is 2.28. The Hall–Kier alpha value is -1.66. The predicted octanol–water partition coefficient (Wildman–Crippen LogP) is 1.31. The van der Waals surface area contributed by atoms with Crippen LogP contribution in [0.1, 0.15) is 16.8 Å². The first kappa shape index (κ1) is 17.4. The van der Waals surface area contributed by atoms with Gasteiger partial charge in [-0.15, -0.1) is 12.4 Å². The van der Waals surface area contributed by atoms with Crippen LogP contribution in [0.15, 0.2) is 12.1 Å². The zero-order chi connectivity index (χ0) is 14.7. The largest absolute Gasteiger partial charge is 0.493 e. The van der Waals surface area contributed by atoms with Crippen LogP contribution in [0.4, 0.5) is 0 Å². The van der Waals surface area contributed by atoms with Crippen molar-refractivity contribution in [2.75, 3.05) is 34.4 Å². The Morgan fingerprint density at radius 2 is 1.86 bits per heavy atom. The van der Waals surface area contributed by atoms with Gasteiger partial charge in [0.1, 0.15) is 0 Å². The molecule has 7 heteroatoms. The fraction of sp³-hybridized carbons (Fsp3) is 0.500. The van der Waals surface area contributed by atoms with Crippen LogP contribution in [-0.2, 0) is 0 Å². The van der Waals surface area contributed by atoms with Crippen molar-refractivity contribution in [3.63, 3.8) is 0 Å². The second kappa shape index (κ2) is 7.38. The van der Waals surface area contributed by atoms with Gasteiger partial charge in [0.15, 0.2) is 11.5 Å². The van der Waals surface area contributed by atoms with Gasteiger partial charge in [0.25, 0.3) is 5.91 Å². The van der Waals surface area contributed by atoms with Gasteiger partial charge in [-0.05, 0) is 18.6 Å². The number of likely N-dealkylation sites (tertiary alicyclic amines) is 1. The molecular weight excluding hydrogens is 296 g/mol. The number of carbonyl (C=O) groups excluding carboxylic acids is 1. The van der Waals surface area contributed by atoms with E-state index in [2.05, 4.69) is 0 Å². The van der Waals surface area contributed by atoms with Crippen molar-refractivity contribution in [2.24, 2.45) is 5.73 Å². The maximum Gasteiger partial charge on any atom is 0.257 e. The Kier molecular flexibility index (Phi) is 6.11. The van der Waals surface area contributed by atoms with Gasteiger partial charge < -0.3 is 24.8 Å². The first-order valence-electron chi connectivity index (χ1n) is 6.46. The lowest BCUT2D eigenvalue weighted by Crippen LogP contribution is -2.32. The summed E-state index contributed by atoms with van der Waals surface area (Å²) in [6.45, 7) is 1.23. The van der Waals surface area contributed by atoms with E-state index in [1.807, 2.05) is 0 Å². The third kappa shape index (κ3) is 3.33. The van der Waals surface area contributed by atoms with Gasteiger partial charge in [0, 0.05) is 19.1 Å². The topological polar surface area (TPSA) is 74.0 Å². The Morgan fingerprint density at radius 3 is 2.33 bits per heavy atom. The van der Waals surface area contributed by atoms with E-state index in [4.69, 9.17) is 19.9 Å². The van der Waals surface area contributed by atoms with E-state index >= 15 is 0 Å². The van der Waals surface area contributed by atoms with Gasteiger partial charge in [-0.1, -0.05) is 0 Å². The van der Waals surface area contributed by atoms with E-state index in [9.17, 15) is 4.79 Å². The van der Waals surface area contributed by atoms with Crippen molar-refractivity contribution in [2.45, 2.75) is 12.5 Å². The molecule has 6 nitrogen and oxygen atoms in total. The van der Waals surface area contributed by atoms with E-state index in [-0.39, 0.29) is 24.4 Å². The number of halogens is 1. The minimum Gasteiger partial charge on any atom is -0.493 e. The van der Waals surface area contributed by atoms with E-state index < -0.39 is 0 Å². The fourth-order valence-electron chi connectivity index (χ4n) is 2.41. The van der Waals surface area contributed by atoms with E-state index in [0.29, 0.717) is 35.9 Å². The molecule has 1 saturated heterocycles. The van der Waals surface area contributed by atoms with Crippen molar-refractivity contribution in [1.29, 1.82) is 0 Å². The monoisotopic (exact) mass is 316 g/mol. The van der Waals surface area contributed by atoms with Crippen molar-refractivity contribution in [3.05, 3.63) is 17.7 Å². The SMILES string of the molecule is COc1ccc(C(=O)N2CCC(N)C2)c(OC)c1OC.Cl. The summed E-state index contributed by atoms with van der Waals surface area (Å²) in [5, 5.41) is 0. The molecule has 0 saturated carbocycles. The third-order valence-corrected chi connectivity index (χ3v) is 3.45. The van der Waals surface area contributed by atoms with Crippen molar-refractivity contribution in [1.82, 2.24) is 4.90 Å². The van der Waals surface area contributed by atoms with Crippen LogP contribution in [0.2, 0.25) is 0 Å². The lowest BCUT2D eigenvalue weighted by Gasteiger charge is -2.20. The van der Waals surface area contributed by atoms with Gasteiger partial charge in [-0.3, -0.25) is 4.79 Å². The summed E-state index contributed by atoms with van der Waals surface area (Å²) in [7, 11) is 4.56. The Morgan fingerprint density at radius 1 is 1.19 bits per heavy atom. The Balaban J connectivity index is 0.00000220. The zero-order valence-electron chi connectivity index (χ0n) is 12.4. The molecule has 1 unspecified atom stereocenters. The molecule has 1 aliphatic heterocycles. The third-order valence-electron chi connectivity index (χ3n) is 3.45. The van der Waals surface area contributed by atoms with Gasteiger partial charge in [-0.25, -0.2) is 0 Å². The second-order valence-electron chi connectivity index (χ2n) is 4.68. The standard InChI is InChI=1S/C14H20N2O4.ClH/c1-18-11-5-4-10(12(19-2)13(11)20-3)14(17)16-7-6-9(15)8-16;/h4-5,9H,6-8,15H2,1-3H3;1H. The molecule has 21 heavy (non-hydrogen) atoms. The van der Waals surface area contributed by atoms with Gasteiger partial charge in [-0.2, -0.15) is 0 Å². The number of carbonyl (C=O) groups is 1. The molecule has 1 amide bonds. The van der Waals surface area contributed by atoms with Crippen LogP contribution in [-0.4, -0.2) is 51.3 Å². The van der Waals surface area contributed by atoms with E-state index in [0.717, 1.165) is 6.42 Å².